The minimum absolute atomic E-state index is 0.360. The van der Waals surface area contributed by atoms with E-state index < -0.39 is 0 Å². The van der Waals surface area contributed by atoms with Gasteiger partial charge in [-0.15, -0.1) is 0 Å². The molecule has 3 rings (SSSR count). The molecule has 5 heteroatoms. The topological polar surface area (TPSA) is 52.9 Å². The molecule has 0 fully saturated rings. The maximum atomic E-state index is 5.50. The average molecular weight is 336 g/mol. The molecule has 0 bridgehead atoms. The summed E-state index contributed by atoms with van der Waals surface area (Å²) in [4.78, 5) is 9.85. The Balaban J connectivity index is 1.67. The zero-order valence-electron chi connectivity index (χ0n) is 14.3. The van der Waals surface area contributed by atoms with Gasteiger partial charge < -0.3 is 14.3 Å². The van der Waals surface area contributed by atoms with Gasteiger partial charge in [-0.1, -0.05) is 29.4 Å². The summed E-state index contributed by atoms with van der Waals surface area (Å²) in [6.07, 6.45) is 3.43. The van der Waals surface area contributed by atoms with Crippen molar-refractivity contribution in [3.63, 3.8) is 0 Å². The number of fused-ring (bicyclic) bond motifs is 1. The Labute approximate surface area is 146 Å². The molecule has 0 saturated carbocycles. The Morgan fingerprint density at radius 1 is 1.08 bits per heavy atom. The maximum Gasteiger partial charge on any atom is 0.161 e. The molecule has 25 heavy (non-hydrogen) atoms. The van der Waals surface area contributed by atoms with Gasteiger partial charge in [0.25, 0.3) is 0 Å². The van der Waals surface area contributed by atoms with Gasteiger partial charge in [-0.2, -0.15) is 0 Å². The second-order valence-electron chi connectivity index (χ2n) is 5.34. The quantitative estimate of drug-likeness (QED) is 0.479. The molecular formula is C20H20N2O3. The van der Waals surface area contributed by atoms with Gasteiger partial charge in [-0.3, -0.25) is 4.98 Å². The third-order valence-electron chi connectivity index (χ3n) is 3.70. The number of benzene rings is 2. The SMILES string of the molecule is CCOc1ccc(/C=N/OCc2cccc3cccnc23)cc1OC. The van der Waals surface area contributed by atoms with Gasteiger partial charge in [-0.05, 0) is 31.2 Å². The number of rotatable bonds is 7. The van der Waals surface area contributed by atoms with Crippen LogP contribution in [0, 0.1) is 0 Å². The molecule has 0 unspecified atom stereocenters. The van der Waals surface area contributed by atoms with Gasteiger partial charge in [0.15, 0.2) is 11.5 Å². The molecule has 0 spiro atoms. The van der Waals surface area contributed by atoms with Crippen LogP contribution in [0.1, 0.15) is 18.1 Å². The van der Waals surface area contributed by atoms with Crippen LogP contribution >= 0.6 is 0 Å². The van der Waals surface area contributed by atoms with E-state index in [0.717, 1.165) is 22.0 Å². The molecular weight excluding hydrogens is 316 g/mol. The van der Waals surface area contributed by atoms with Crippen LogP contribution < -0.4 is 9.47 Å². The van der Waals surface area contributed by atoms with E-state index in [0.29, 0.717) is 24.7 Å². The minimum Gasteiger partial charge on any atom is -0.493 e. The predicted molar refractivity (Wildman–Crippen MR) is 98.3 cm³/mol. The fourth-order valence-electron chi connectivity index (χ4n) is 2.53. The zero-order valence-corrected chi connectivity index (χ0v) is 14.3. The smallest absolute Gasteiger partial charge is 0.161 e. The molecule has 0 saturated heterocycles. The highest BCUT2D eigenvalue weighted by molar-refractivity contribution is 5.81. The van der Waals surface area contributed by atoms with Gasteiger partial charge in [0, 0.05) is 22.7 Å². The van der Waals surface area contributed by atoms with Crippen molar-refractivity contribution in [2.75, 3.05) is 13.7 Å². The highest BCUT2D eigenvalue weighted by Gasteiger charge is 2.04. The highest BCUT2D eigenvalue weighted by Crippen LogP contribution is 2.27. The summed E-state index contributed by atoms with van der Waals surface area (Å²) in [5.74, 6) is 1.38. The Morgan fingerprint density at radius 2 is 1.96 bits per heavy atom. The van der Waals surface area contributed by atoms with Gasteiger partial charge in [0.1, 0.15) is 6.61 Å². The van der Waals surface area contributed by atoms with Gasteiger partial charge in [-0.25, -0.2) is 0 Å². The van der Waals surface area contributed by atoms with Crippen molar-refractivity contribution in [3.05, 3.63) is 65.9 Å². The van der Waals surface area contributed by atoms with E-state index >= 15 is 0 Å². The van der Waals surface area contributed by atoms with E-state index in [1.807, 2.05) is 55.5 Å². The lowest BCUT2D eigenvalue weighted by molar-refractivity contribution is 0.133. The van der Waals surface area contributed by atoms with Crippen molar-refractivity contribution in [1.29, 1.82) is 0 Å². The van der Waals surface area contributed by atoms with E-state index in [4.69, 9.17) is 14.3 Å². The van der Waals surface area contributed by atoms with Crippen LogP contribution in [0.15, 0.2) is 59.9 Å². The Hall–Kier alpha value is -3.08. The molecule has 0 aliphatic carbocycles. The van der Waals surface area contributed by atoms with Crippen molar-refractivity contribution in [2.45, 2.75) is 13.5 Å². The van der Waals surface area contributed by atoms with Crippen LogP contribution in [0.25, 0.3) is 10.9 Å². The third kappa shape index (κ3) is 4.07. The molecule has 0 atom stereocenters. The van der Waals surface area contributed by atoms with Crippen LogP contribution in [0.3, 0.4) is 0 Å². The predicted octanol–water partition coefficient (Wildman–Crippen LogP) is 4.19. The Kier molecular flexibility index (Phi) is 5.46. The van der Waals surface area contributed by atoms with E-state index in [1.54, 1.807) is 19.5 Å². The summed E-state index contributed by atoms with van der Waals surface area (Å²) < 4.78 is 10.8. The zero-order chi connectivity index (χ0) is 17.5. The van der Waals surface area contributed by atoms with Crippen molar-refractivity contribution in [1.82, 2.24) is 4.98 Å². The van der Waals surface area contributed by atoms with Crippen molar-refractivity contribution < 1.29 is 14.3 Å². The van der Waals surface area contributed by atoms with Crippen LogP contribution in [0.4, 0.5) is 0 Å². The summed E-state index contributed by atoms with van der Waals surface area (Å²) in [5, 5.41) is 5.13. The van der Waals surface area contributed by atoms with Crippen LogP contribution in [-0.2, 0) is 11.4 Å². The maximum absolute atomic E-state index is 5.50. The number of aromatic nitrogens is 1. The molecule has 3 aromatic rings. The molecule has 0 N–H and O–H groups in total. The summed E-state index contributed by atoms with van der Waals surface area (Å²) in [5.41, 5.74) is 2.80. The number of pyridine rings is 1. The second kappa shape index (κ2) is 8.15. The molecule has 128 valence electrons. The first-order chi connectivity index (χ1) is 12.3. The first kappa shape index (κ1) is 16.8. The first-order valence-electron chi connectivity index (χ1n) is 8.10. The Bertz CT molecular complexity index is 872. The number of hydrogen-bond donors (Lipinski definition) is 0. The van der Waals surface area contributed by atoms with Crippen molar-refractivity contribution in [2.24, 2.45) is 5.16 Å². The summed E-state index contributed by atoms with van der Waals surface area (Å²) in [6.45, 7) is 2.88. The second-order valence-corrected chi connectivity index (χ2v) is 5.34. The number of hydrogen-bond acceptors (Lipinski definition) is 5. The van der Waals surface area contributed by atoms with E-state index in [-0.39, 0.29) is 0 Å². The molecule has 1 heterocycles. The first-order valence-corrected chi connectivity index (χ1v) is 8.10. The lowest BCUT2D eigenvalue weighted by atomic mass is 10.1. The van der Waals surface area contributed by atoms with E-state index in [2.05, 4.69) is 10.1 Å². The molecule has 5 nitrogen and oxygen atoms in total. The third-order valence-corrected chi connectivity index (χ3v) is 3.70. The molecule has 0 radical (unpaired) electrons. The lowest BCUT2D eigenvalue weighted by Crippen LogP contribution is -1.96. The molecule has 2 aromatic carbocycles. The molecule has 0 amide bonds. The summed E-state index contributed by atoms with van der Waals surface area (Å²) in [6, 6.07) is 15.6. The average Bonchev–Trinajstić information content (AvgIpc) is 2.66. The van der Waals surface area contributed by atoms with E-state index in [9.17, 15) is 0 Å². The fourth-order valence-corrected chi connectivity index (χ4v) is 2.53. The van der Waals surface area contributed by atoms with Crippen LogP contribution in [0.2, 0.25) is 0 Å². The molecule has 1 aromatic heterocycles. The Morgan fingerprint density at radius 3 is 2.80 bits per heavy atom. The summed E-state index contributed by atoms with van der Waals surface area (Å²) >= 11 is 0. The molecule has 0 aliphatic heterocycles. The number of methoxy groups -OCH3 is 1. The molecule has 0 aliphatic rings. The van der Waals surface area contributed by atoms with Crippen molar-refractivity contribution in [3.8, 4) is 11.5 Å². The van der Waals surface area contributed by atoms with Gasteiger partial charge in [0.05, 0.1) is 25.4 Å². The lowest BCUT2D eigenvalue weighted by Gasteiger charge is -2.09. The normalized spacial score (nSPS) is 11.0. The minimum atomic E-state index is 0.360. The largest absolute Gasteiger partial charge is 0.493 e. The highest BCUT2D eigenvalue weighted by atomic mass is 16.6. The number of nitrogens with zero attached hydrogens (tertiary/aromatic N) is 2. The summed E-state index contributed by atoms with van der Waals surface area (Å²) in [7, 11) is 1.61. The van der Waals surface area contributed by atoms with Crippen LogP contribution in [0.5, 0.6) is 11.5 Å². The van der Waals surface area contributed by atoms with Gasteiger partial charge in [0.2, 0.25) is 0 Å². The number of ether oxygens (including phenoxy) is 2. The fraction of sp³-hybridized carbons (Fsp3) is 0.200. The van der Waals surface area contributed by atoms with Crippen molar-refractivity contribution >= 4 is 17.1 Å². The van der Waals surface area contributed by atoms with Gasteiger partial charge >= 0.3 is 0 Å². The van der Waals surface area contributed by atoms with E-state index in [1.165, 1.54) is 0 Å². The number of para-hydroxylation sites is 1. The monoisotopic (exact) mass is 336 g/mol. The number of oxime groups is 1. The standard InChI is InChI=1S/C20H20N2O3/c1-3-24-18-10-9-15(12-19(18)23-2)13-22-25-14-17-7-4-6-16-8-5-11-21-20(16)17/h4-13H,3,14H2,1-2H3/b22-13+. The van der Waals surface area contributed by atoms with Crippen LogP contribution in [-0.4, -0.2) is 24.9 Å².